The number of nitrogens with zero attached hydrogens (tertiary/aromatic N) is 3. The van der Waals surface area contributed by atoms with Crippen LogP contribution in [0.25, 0.3) is 0 Å². The molecular weight excluding hydrogens is 346 g/mol. The zero-order valence-corrected chi connectivity index (χ0v) is 16.5. The van der Waals surface area contributed by atoms with Gasteiger partial charge in [0, 0.05) is 44.6 Å². The van der Waals surface area contributed by atoms with Crippen molar-refractivity contribution in [1.29, 1.82) is 0 Å². The van der Waals surface area contributed by atoms with E-state index < -0.39 is 0 Å². The van der Waals surface area contributed by atoms with Gasteiger partial charge < -0.3 is 24.8 Å². The number of nitrogens with one attached hydrogen (secondary N) is 2. The quantitative estimate of drug-likeness (QED) is 0.374. The van der Waals surface area contributed by atoms with Crippen LogP contribution >= 0.6 is 0 Å². The van der Waals surface area contributed by atoms with Crippen LogP contribution in [0.2, 0.25) is 0 Å². The Labute approximate surface area is 160 Å². The molecule has 1 aromatic carbocycles. The normalized spacial score (nSPS) is 11.2. The molecule has 0 atom stereocenters. The zero-order chi connectivity index (χ0) is 19.5. The maximum Gasteiger partial charge on any atom is 0.203 e. The molecule has 0 aliphatic carbocycles. The number of rotatable bonds is 10. The van der Waals surface area contributed by atoms with Crippen molar-refractivity contribution in [2.75, 3.05) is 41.5 Å². The lowest BCUT2D eigenvalue weighted by Gasteiger charge is -2.16. The second kappa shape index (κ2) is 10.9. The van der Waals surface area contributed by atoms with Gasteiger partial charge in [-0.1, -0.05) is 6.07 Å². The first-order valence-corrected chi connectivity index (χ1v) is 8.93. The Morgan fingerprint density at radius 1 is 1.07 bits per heavy atom. The van der Waals surface area contributed by atoms with Gasteiger partial charge in [-0.25, -0.2) is 0 Å². The minimum atomic E-state index is 0.610. The molecule has 0 bridgehead atoms. The molecule has 0 saturated heterocycles. The van der Waals surface area contributed by atoms with Crippen LogP contribution in [0.5, 0.6) is 17.2 Å². The van der Waals surface area contributed by atoms with E-state index >= 15 is 0 Å². The molecule has 0 unspecified atom stereocenters. The van der Waals surface area contributed by atoms with E-state index in [1.54, 1.807) is 34.6 Å². The van der Waals surface area contributed by atoms with Gasteiger partial charge in [-0.05, 0) is 25.0 Å². The molecule has 0 aliphatic rings. The minimum Gasteiger partial charge on any atom is -0.493 e. The predicted molar refractivity (Wildman–Crippen MR) is 106 cm³/mol. The fourth-order valence-electron chi connectivity index (χ4n) is 2.78. The molecule has 0 fully saturated rings. The number of hydrogen-bond acceptors (Lipinski definition) is 5. The molecule has 8 nitrogen and oxygen atoms in total. The Bertz CT molecular complexity index is 716. The van der Waals surface area contributed by atoms with Gasteiger partial charge in [0.15, 0.2) is 17.5 Å². The van der Waals surface area contributed by atoms with Gasteiger partial charge in [0.2, 0.25) is 5.75 Å². The highest BCUT2D eigenvalue weighted by molar-refractivity contribution is 5.79. The maximum atomic E-state index is 5.52. The summed E-state index contributed by atoms with van der Waals surface area (Å²) in [4.78, 5) is 4.25. The standard InChI is InChI=1S/C19H29N5O3/c1-20-19(21-10-5-13-24-14-6-11-23-24)22-12-9-15-7-8-16(25-2)18(27-4)17(15)26-3/h6-8,11,14H,5,9-10,12-13H2,1-4H3,(H2,20,21,22). The van der Waals surface area contributed by atoms with Crippen LogP contribution in [-0.4, -0.2) is 57.2 Å². The summed E-state index contributed by atoms with van der Waals surface area (Å²) >= 11 is 0. The monoisotopic (exact) mass is 375 g/mol. The van der Waals surface area contributed by atoms with Crippen molar-refractivity contribution < 1.29 is 14.2 Å². The SMILES string of the molecule is CN=C(NCCCn1cccn1)NCCc1ccc(OC)c(OC)c1OC. The number of aromatic nitrogens is 2. The minimum absolute atomic E-state index is 0.610. The first-order valence-electron chi connectivity index (χ1n) is 8.93. The topological polar surface area (TPSA) is 81.9 Å². The van der Waals surface area contributed by atoms with E-state index in [2.05, 4.69) is 20.7 Å². The summed E-state index contributed by atoms with van der Waals surface area (Å²) in [5, 5.41) is 10.8. The smallest absolute Gasteiger partial charge is 0.203 e. The van der Waals surface area contributed by atoms with Crippen LogP contribution in [0.4, 0.5) is 0 Å². The summed E-state index contributed by atoms with van der Waals surface area (Å²) in [6.45, 7) is 2.41. The fourth-order valence-corrected chi connectivity index (χ4v) is 2.78. The first kappa shape index (κ1) is 20.4. The van der Waals surface area contributed by atoms with Gasteiger partial charge in [0.1, 0.15) is 0 Å². The molecule has 0 aliphatic heterocycles. The second-order valence-corrected chi connectivity index (χ2v) is 5.79. The van der Waals surface area contributed by atoms with E-state index in [0.717, 1.165) is 37.5 Å². The summed E-state index contributed by atoms with van der Waals surface area (Å²) in [6.07, 6.45) is 5.48. The lowest BCUT2D eigenvalue weighted by molar-refractivity contribution is 0.322. The molecule has 0 spiro atoms. The van der Waals surface area contributed by atoms with Crippen LogP contribution in [-0.2, 0) is 13.0 Å². The third kappa shape index (κ3) is 5.80. The van der Waals surface area contributed by atoms with Crippen molar-refractivity contribution in [3.05, 3.63) is 36.2 Å². The third-order valence-corrected chi connectivity index (χ3v) is 4.11. The van der Waals surface area contributed by atoms with Crippen molar-refractivity contribution in [2.45, 2.75) is 19.4 Å². The van der Waals surface area contributed by atoms with E-state index in [0.29, 0.717) is 23.8 Å². The highest BCUT2D eigenvalue weighted by atomic mass is 16.5. The van der Waals surface area contributed by atoms with Crippen molar-refractivity contribution in [3.63, 3.8) is 0 Å². The average Bonchev–Trinajstić information content (AvgIpc) is 3.22. The van der Waals surface area contributed by atoms with Crippen molar-refractivity contribution in [1.82, 2.24) is 20.4 Å². The van der Waals surface area contributed by atoms with Gasteiger partial charge in [-0.3, -0.25) is 9.67 Å². The van der Waals surface area contributed by atoms with Gasteiger partial charge in [-0.15, -0.1) is 0 Å². The number of ether oxygens (including phenoxy) is 3. The average molecular weight is 375 g/mol. The number of aryl methyl sites for hydroxylation is 1. The summed E-state index contributed by atoms with van der Waals surface area (Å²) in [5.74, 6) is 2.73. The molecule has 27 heavy (non-hydrogen) atoms. The van der Waals surface area contributed by atoms with Gasteiger partial charge in [-0.2, -0.15) is 5.10 Å². The molecule has 2 rings (SSSR count). The van der Waals surface area contributed by atoms with E-state index in [1.165, 1.54) is 0 Å². The van der Waals surface area contributed by atoms with Crippen LogP contribution in [0, 0.1) is 0 Å². The fraction of sp³-hybridized carbons (Fsp3) is 0.474. The number of methoxy groups -OCH3 is 3. The van der Waals surface area contributed by atoms with E-state index in [-0.39, 0.29) is 0 Å². The van der Waals surface area contributed by atoms with Crippen LogP contribution in [0.3, 0.4) is 0 Å². The van der Waals surface area contributed by atoms with E-state index in [4.69, 9.17) is 14.2 Å². The Balaban J connectivity index is 1.81. The number of hydrogen-bond donors (Lipinski definition) is 2. The lowest BCUT2D eigenvalue weighted by Crippen LogP contribution is -2.39. The molecule has 0 radical (unpaired) electrons. The van der Waals surface area contributed by atoms with Gasteiger partial charge >= 0.3 is 0 Å². The van der Waals surface area contributed by atoms with Gasteiger partial charge in [0.25, 0.3) is 0 Å². The molecule has 148 valence electrons. The first-order chi connectivity index (χ1) is 13.2. The van der Waals surface area contributed by atoms with Crippen LogP contribution in [0.15, 0.2) is 35.6 Å². The molecule has 2 N–H and O–H groups in total. The Hall–Kier alpha value is -2.90. The Morgan fingerprint density at radius 2 is 1.85 bits per heavy atom. The number of benzene rings is 1. The molecular formula is C19H29N5O3. The summed E-state index contributed by atoms with van der Waals surface area (Å²) < 4.78 is 18.2. The van der Waals surface area contributed by atoms with Crippen molar-refractivity contribution in [3.8, 4) is 17.2 Å². The maximum absolute atomic E-state index is 5.52. The molecule has 2 aromatic rings. The highest BCUT2D eigenvalue weighted by Gasteiger charge is 2.15. The summed E-state index contributed by atoms with van der Waals surface area (Å²) in [5.41, 5.74) is 1.04. The van der Waals surface area contributed by atoms with Crippen molar-refractivity contribution >= 4 is 5.96 Å². The molecule has 0 amide bonds. The van der Waals surface area contributed by atoms with E-state index in [1.807, 2.05) is 29.1 Å². The van der Waals surface area contributed by atoms with Gasteiger partial charge in [0.05, 0.1) is 21.3 Å². The van der Waals surface area contributed by atoms with Crippen LogP contribution < -0.4 is 24.8 Å². The van der Waals surface area contributed by atoms with E-state index in [9.17, 15) is 0 Å². The lowest BCUT2D eigenvalue weighted by atomic mass is 10.1. The highest BCUT2D eigenvalue weighted by Crippen LogP contribution is 2.39. The largest absolute Gasteiger partial charge is 0.493 e. The molecule has 1 aromatic heterocycles. The molecule has 8 heteroatoms. The van der Waals surface area contributed by atoms with Crippen molar-refractivity contribution in [2.24, 2.45) is 4.99 Å². The molecule has 0 saturated carbocycles. The third-order valence-electron chi connectivity index (χ3n) is 4.11. The number of aliphatic imine (C=N–C) groups is 1. The summed E-state index contributed by atoms with van der Waals surface area (Å²) in [7, 11) is 6.62. The van der Waals surface area contributed by atoms with Crippen LogP contribution in [0.1, 0.15) is 12.0 Å². The second-order valence-electron chi connectivity index (χ2n) is 5.79. The number of guanidine groups is 1. The predicted octanol–water partition coefficient (Wildman–Crippen LogP) is 1.71. The summed E-state index contributed by atoms with van der Waals surface area (Å²) in [6, 6.07) is 5.80. The Kier molecular flexibility index (Phi) is 8.28. The zero-order valence-electron chi connectivity index (χ0n) is 16.5. The molecule has 1 heterocycles. The Morgan fingerprint density at radius 3 is 2.48 bits per heavy atom.